The Morgan fingerprint density at radius 1 is 1.37 bits per heavy atom. The highest BCUT2D eigenvalue weighted by Gasteiger charge is 2.12. The van der Waals surface area contributed by atoms with Crippen LogP contribution in [0.25, 0.3) is 0 Å². The molecule has 19 heavy (non-hydrogen) atoms. The number of benzene rings is 1. The lowest BCUT2D eigenvalue weighted by Gasteiger charge is -2.05. The van der Waals surface area contributed by atoms with Gasteiger partial charge in [0.15, 0.2) is 4.88 Å². The molecule has 0 atom stereocenters. The summed E-state index contributed by atoms with van der Waals surface area (Å²) in [6.07, 6.45) is 0. The van der Waals surface area contributed by atoms with E-state index in [-0.39, 0.29) is 10.7 Å². The zero-order chi connectivity index (χ0) is 13.7. The molecule has 1 heterocycles. The van der Waals surface area contributed by atoms with Gasteiger partial charge in [-0.15, -0.1) is 23.1 Å². The number of carboxylic acid groups (broad SMARTS) is 1. The number of thioether (sulfide) groups is 1. The molecule has 1 aromatic heterocycles. The van der Waals surface area contributed by atoms with Crippen molar-refractivity contribution in [2.24, 2.45) is 0 Å². The average molecular weight is 298 g/mol. The Morgan fingerprint density at radius 3 is 2.89 bits per heavy atom. The predicted octanol–water partition coefficient (Wildman–Crippen LogP) is 3.76. The molecule has 2 rings (SSSR count). The maximum atomic E-state index is 13.3. The van der Waals surface area contributed by atoms with Crippen LogP contribution in [0.2, 0.25) is 0 Å². The van der Waals surface area contributed by atoms with E-state index < -0.39 is 5.97 Å². The molecule has 0 bridgehead atoms. The third-order valence-corrected chi connectivity index (χ3v) is 4.16. The normalized spacial score (nSPS) is 10.4. The minimum atomic E-state index is -0.994. The van der Waals surface area contributed by atoms with Crippen LogP contribution in [0.5, 0.6) is 5.75 Å². The van der Waals surface area contributed by atoms with E-state index in [0.717, 1.165) is 11.3 Å². The van der Waals surface area contributed by atoms with E-state index in [2.05, 4.69) is 0 Å². The second kappa shape index (κ2) is 6.58. The first kappa shape index (κ1) is 13.9. The fourth-order valence-corrected chi connectivity index (χ4v) is 2.87. The van der Waals surface area contributed by atoms with Crippen molar-refractivity contribution < 1.29 is 19.0 Å². The Bertz CT molecular complexity index is 569. The maximum Gasteiger partial charge on any atom is 0.349 e. The van der Waals surface area contributed by atoms with Crippen molar-refractivity contribution in [3.05, 3.63) is 46.4 Å². The summed E-state index contributed by atoms with van der Waals surface area (Å²) < 4.78 is 18.7. The molecule has 0 radical (unpaired) electrons. The topological polar surface area (TPSA) is 46.5 Å². The fraction of sp³-hybridized carbons (Fsp3) is 0.154. The molecular formula is C13H11FO3S2. The van der Waals surface area contributed by atoms with E-state index in [0.29, 0.717) is 23.0 Å². The molecule has 0 spiro atoms. The lowest BCUT2D eigenvalue weighted by Crippen LogP contribution is -2.03. The SMILES string of the molecule is O=C(O)c1sccc1OCCSc1ccccc1F. The van der Waals surface area contributed by atoms with E-state index in [4.69, 9.17) is 9.84 Å². The van der Waals surface area contributed by atoms with Gasteiger partial charge in [0, 0.05) is 10.6 Å². The summed E-state index contributed by atoms with van der Waals surface area (Å²) in [5, 5.41) is 10.6. The molecule has 0 fully saturated rings. The summed E-state index contributed by atoms with van der Waals surface area (Å²) in [6.45, 7) is 0.329. The van der Waals surface area contributed by atoms with Gasteiger partial charge in [0.1, 0.15) is 11.6 Å². The lowest BCUT2D eigenvalue weighted by atomic mass is 10.3. The number of ether oxygens (including phenoxy) is 1. The van der Waals surface area contributed by atoms with Gasteiger partial charge in [-0.3, -0.25) is 0 Å². The number of hydrogen-bond acceptors (Lipinski definition) is 4. The van der Waals surface area contributed by atoms with Crippen LogP contribution in [0.4, 0.5) is 4.39 Å². The van der Waals surface area contributed by atoms with Crippen LogP contribution in [0.3, 0.4) is 0 Å². The van der Waals surface area contributed by atoms with Gasteiger partial charge in [-0.1, -0.05) is 12.1 Å². The fourth-order valence-electron chi connectivity index (χ4n) is 1.43. The summed E-state index contributed by atoms with van der Waals surface area (Å²) in [5.41, 5.74) is 0. The van der Waals surface area contributed by atoms with Crippen molar-refractivity contribution in [2.75, 3.05) is 12.4 Å². The molecule has 0 unspecified atom stereocenters. The molecule has 3 nitrogen and oxygen atoms in total. The average Bonchev–Trinajstić information content (AvgIpc) is 2.85. The van der Waals surface area contributed by atoms with Crippen LogP contribution in [0, 0.1) is 5.82 Å². The first-order valence-electron chi connectivity index (χ1n) is 5.49. The minimum absolute atomic E-state index is 0.191. The van der Waals surface area contributed by atoms with Gasteiger partial charge in [0.2, 0.25) is 0 Å². The third-order valence-electron chi connectivity index (χ3n) is 2.26. The van der Waals surface area contributed by atoms with Crippen molar-refractivity contribution in [1.82, 2.24) is 0 Å². The number of halogens is 1. The van der Waals surface area contributed by atoms with Crippen LogP contribution >= 0.6 is 23.1 Å². The van der Waals surface area contributed by atoms with Crippen molar-refractivity contribution in [3.63, 3.8) is 0 Å². The Morgan fingerprint density at radius 2 is 2.16 bits per heavy atom. The summed E-state index contributed by atoms with van der Waals surface area (Å²) >= 11 is 2.46. The zero-order valence-electron chi connectivity index (χ0n) is 9.84. The van der Waals surface area contributed by atoms with Gasteiger partial charge >= 0.3 is 5.97 Å². The summed E-state index contributed by atoms with van der Waals surface area (Å²) in [7, 11) is 0. The van der Waals surface area contributed by atoms with Crippen LogP contribution in [0.1, 0.15) is 9.67 Å². The van der Waals surface area contributed by atoms with E-state index in [9.17, 15) is 9.18 Å². The molecule has 100 valence electrons. The predicted molar refractivity (Wildman–Crippen MR) is 73.9 cm³/mol. The van der Waals surface area contributed by atoms with Crippen molar-refractivity contribution in [1.29, 1.82) is 0 Å². The Kier molecular flexibility index (Phi) is 4.81. The maximum absolute atomic E-state index is 13.3. The van der Waals surface area contributed by atoms with Gasteiger partial charge in [-0.2, -0.15) is 0 Å². The molecule has 0 aliphatic rings. The molecule has 1 aromatic carbocycles. The standard InChI is InChI=1S/C13H11FO3S2/c14-9-3-1-2-4-11(9)18-8-6-17-10-5-7-19-12(10)13(15)16/h1-5,7H,6,8H2,(H,15,16). The quantitative estimate of drug-likeness (QED) is 0.651. The number of rotatable bonds is 6. The number of carbonyl (C=O) groups is 1. The van der Waals surface area contributed by atoms with Gasteiger partial charge < -0.3 is 9.84 Å². The molecule has 0 saturated heterocycles. The highest BCUT2D eigenvalue weighted by molar-refractivity contribution is 7.99. The molecule has 0 amide bonds. The number of hydrogen-bond donors (Lipinski definition) is 1. The van der Waals surface area contributed by atoms with Crippen LogP contribution in [-0.4, -0.2) is 23.4 Å². The molecule has 0 aliphatic heterocycles. The van der Waals surface area contributed by atoms with E-state index in [1.807, 2.05) is 0 Å². The van der Waals surface area contributed by atoms with E-state index >= 15 is 0 Å². The van der Waals surface area contributed by atoms with Gasteiger partial charge in [0.25, 0.3) is 0 Å². The highest BCUT2D eigenvalue weighted by Crippen LogP contribution is 2.26. The van der Waals surface area contributed by atoms with E-state index in [1.165, 1.54) is 17.8 Å². The second-order valence-electron chi connectivity index (χ2n) is 3.55. The second-order valence-corrected chi connectivity index (χ2v) is 5.60. The summed E-state index contributed by atoms with van der Waals surface area (Å²) in [4.78, 5) is 11.6. The first-order valence-corrected chi connectivity index (χ1v) is 7.36. The van der Waals surface area contributed by atoms with Crippen molar-refractivity contribution in [3.8, 4) is 5.75 Å². The Labute approximate surface area is 118 Å². The van der Waals surface area contributed by atoms with Gasteiger partial charge in [0.05, 0.1) is 6.61 Å². The van der Waals surface area contributed by atoms with Crippen molar-refractivity contribution >= 4 is 29.1 Å². The molecule has 2 aromatic rings. The number of carboxylic acids is 1. The third kappa shape index (κ3) is 3.71. The Hall–Kier alpha value is -1.53. The minimum Gasteiger partial charge on any atom is -0.491 e. The van der Waals surface area contributed by atoms with Crippen LogP contribution in [0.15, 0.2) is 40.6 Å². The molecule has 0 saturated carbocycles. The smallest absolute Gasteiger partial charge is 0.349 e. The van der Waals surface area contributed by atoms with Gasteiger partial charge in [-0.25, -0.2) is 9.18 Å². The monoisotopic (exact) mass is 298 g/mol. The molecular weight excluding hydrogens is 287 g/mol. The van der Waals surface area contributed by atoms with E-state index in [1.54, 1.807) is 29.6 Å². The number of aromatic carboxylic acids is 1. The Balaban J connectivity index is 1.83. The largest absolute Gasteiger partial charge is 0.491 e. The summed E-state index contributed by atoms with van der Waals surface area (Å²) in [5.74, 6) is -0.330. The zero-order valence-corrected chi connectivity index (χ0v) is 11.5. The first-order chi connectivity index (χ1) is 9.18. The number of thiophene rings is 1. The van der Waals surface area contributed by atoms with Gasteiger partial charge in [-0.05, 0) is 23.6 Å². The molecule has 1 N–H and O–H groups in total. The highest BCUT2D eigenvalue weighted by atomic mass is 32.2. The van der Waals surface area contributed by atoms with Crippen LogP contribution in [-0.2, 0) is 0 Å². The summed E-state index contributed by atoms with van der Waals surface area (Å²) in [6, 6.07) is 8.15. The van der Waals surface area contributed by atoms with Crippen molar-refractivity contribution in [2.45, 2.75) is 4.90 Å². The molecule has 0 aliphatic carbocycles. The molecule has 6 heteroatoms. The lowest BCUT2D eigenvalue weighted by molar-refractivity contribution is 0.0698. The van der Waals surface area contributed by atoms with Crippen LogP contribution < -0.4 is 4.74 Å².